The van der Waals surface area contributed by atoms with Crippen molar-refractivity contribution in [3.63, 3.8) is 0 Å². The zero-order valence-electron chi connectivity index (χ0n) is 24.8. The van der Waals surface area contributed by atoms with Crippen molar-refractivity contribution >= 4 is 39.1 Å². The van der Waals surface area contributed by atoms with Gasteiger partial charge in [-0.1, -0.05) is 36.7 Å². The highest BCUT2D eigenvalue weighted by Crippen LogP contribution is 2.44. The van der Waals surface area contributed by atoms with Crippen LogP contribution in [-0.4, -0.2) is 76.6 Å². The van der Waals surface area contributed by atoms with E-state index < -0.39 is 12.0 Å². The number of hydrogen-bond acceptors (Lipinski definition) is 7. The molecule has 10 heteroatoms. The van der Waals surface area contributed by atoms with Gasteiger partial charge in [-0.15, -0.1) is 0 Å². The van der Waals surface area contributed by atoms with Crippen molar-refractivity contribution in [1.82, 2.24) is 20.2 Å². The molecule has 0 aliphatic carbocycles. The standard InChI is InChI=1S/C34H36ClF2N5O2/c1-2-19-5-3-6-20-11-24(43)12-25(28(19)20)29-27(35)13-26-31(30(29)37)39-33(40-32(26)41-16-22-7-8-23(17-41)38-22)44-18-34-9-4-10-42(34)15-21(36)14-34/h3,5-6,11-13,21-23,38,43H,2,4,7-10,14-18H2,1H3/t21-,22?,23?,34?/m1/s1. The number of aryl methyl sites for hydroxylation is 1. The lowest BCUT2D eigenvalue weighted by Crippen LogP contribution is -2.51. The van der Waals surface area contributed by atoms with Gasteiger partial charge in [-0.3, -0.25) is 4.90 Å². The van der Waals surface area contributed by atoms with E-state index >= 15 is 4.39 Å². The van der Waals surface area contributed by atoms with Crippen LogP contribution in [0, 0.1) is 5.82 Å². The van der Waals surface area contributed by atoms with Crippen LogP contribution in [0.25, 0.3) is 32.8 Å². The Morgan fingerprint density at radius 1 is 1.14 bits per heavy atom. The van der Waals surface area contributed by atoms with Gasteiger partial charge in [-0.25, -0.2) is 8.78 Å². The van der Waals surface area contributed by atoms with Crippen molar-refractivity contribution in [1.29, 1.82) is 0 Å². The molecule has 3 aromatic carbocycles. The molecule has 0 radical (unpaired) electrons. The van der Waals surface area contributed by atoms with Crippen molar-refractivity contribution in [2.45, 2.75) is 69.2 Å². The number of hydrogen-bond donors (Lipinski definition) is 2. The number of phenolic OH excluding ortho intramolecular Hbond substituents is 1. The maximum Gasteiger partial charge on any atom is 0.319 e. The van der Waals surface area contributed by atoms with Gasteiger partial charge in [0.25, 0.3) is 0 Å². The Hall–Kier alpha value is -3.27. The molecule has 1 aromatic heterocycles. The summed E-state index contributed by atoms with van der Waals surface area (Å²) in [7, 11) is 0. The van der Waals surface area contributed by atoms with Crippen LogP contribution >= 0.6 is 11.6 Å². The summed E-state index contributed by atoms with van der Waals surface area (Å²) in [5.41, 5.74) is 1.47. The molecule has 0 amide bonds. The fourth-order valence-electron chi connectivity index (χ4n) is 8.31. The van der Waals surface area contributed by atoms with Crippen LogP contribution in [0.4, 0.5) is 14.6 Å². The number of phenols is 1. The first-order valence-electron chi connectivity index (χ1n) is 15.8. The summed E-state index contributed by atoms with van der Waals surface area (Å²) in [5, 5.41) is 16.7. The second-order valence-electron chi connectivity index (χ2n) is 13.0. The molecule has 4 aliphatic rings. The monoisotopic (exact) mass is 619 g/mol. The first kappa shape index (κ1) is 28.2. The maximum absolute atomic E-state index is 17.0. The van der Waals surface area contributed by atoms with Gasteiger partial charge >= 0.3 is 6.01 Å². The number of nitrogens with one attached hydrogen (secondary N) is 1. The van der Waals surface area contributed by atoms with Gasteiger partial charge in [0.05, 0.1) is 10.6 Å². The van der Waals surface area contributed by atoms with Crippen LogP contribution in [0.3, 0.4) is 0 Å². The number of piperazine rings is 1. The molecule has 8 rings (SSSR count). The SMILES string of the molecule is CCc1cccc2cc(O)cc(-c3c(Cl)cc4c(N5CC6CCC(C5)N6)nc(OCC56CCCN5C[C@H](F)C6)nc4c3F)c12. The zero-order chi connectivity index (χ0) is 30.2. The number of aromatic hydroxyl groups is 1. The Labute approximate surface area is 260 Å². The third-order valence-electron chi connectivity index (χ3n) is 10.3. The smallest absolute Gasteiger partial charge is 0.319 e. The molecule has 4 saturated heterocycles. The minimum Gasteiger partial charge on any atom is -0.508 e. The number of anilines is 1. The van der Waals surface area contributed by atoms with E-state index in [9.17, 15) is 9.50 Å². The minimum absolute atomic E-state index is 0.0307. The molecule has 5 heterocycles. The fraction of sp³-hybridized carbons (Fsp3) is 0.471. The fourth-order valence-corrected chi connectivity index (χ4v) is 8.61. The van der Waals surface area contributed by atoms with E-state index in [-0.39, 0.29) is 40.0 Å². The average Bonchev–Trinajstić information content (AvgIpc) is 3.65. The summed E-state index contributed by atoms with van der Waals surface area (Å²) in [4.78, 5) is 13.9. The number of benzene rings is 3. The van der Waals surface area contributed by atoms with Crippen molar-refractivity contribution in [2.75, 3.05) is 37.7 Å². The Bertz CT molecular complexity index is 1780. The summed E-state index contributed by atoms with van der Waals surface area (Å²) < 4.78 is 37.8. The van der Waals surface area contributed by atoms with Crippen LogP contribution in [0.5, 0.6) is 11.8 Å². The number of rotatable bonds is 6. The van der Waals surface area contributed by atoms with Gasteiger partial charge in [0, 0.05) is 49.1 Å². The summed E-state index contributed by atoms with van der Waals surface area (Å²) >= 11 is 6.95. The van der Waals surface area contributed by atoms with Crippen molar-refractivity contribution in [2.24, 2.45) is 0 Å². The number of aromatic nitrogens is 2. The molecule has 44 heavy (non-hydrogen) atoms. The lowest BCUT2D eigenvalue weighted by Gasteiger charge is -2.34. The molecule has 3 unspecified atom stereocenters. The van der Waals surface area contributed by atoms with Crippen LogP contribution in [0.1, 0.15) is 44.6 Å². The predicted octanol–water partition coefficient (Wildman–Crippen LogP) is 6.41. The van der Waals surface area contributed by atoms with Gasteiger partial charge in [0.15, 0.2) is 5.82 Å². The van der Waals surface area contributed by atoms with Gasteiger partial charge < -0.3 is 20.1 Å². The Morgan fingerprint density at radius 2 is 1.95 bits per heavy atom. The van der Waals surface area contributed by atoms with E-state index in [2.05, 4.69) is 20.1 Å². The highest BCUT2D eigenvalue weighted by molar-refractivity contribution is 6.35. The predicted molar refractivity (Wildman–Crippen MR) is 169 cm³/mol. The minimum atomic E-state index is -0.879. The summed E-state index contributed by atoms with van der Waals surface area (Å²) in [5.74, 6) is 0.0479. The number of alkyl halides is 1. The third kappa shape index (κ3) is 4.58. The molecule has 230 valence electrons. The zero-order valence-corrected chi connectivity index (χ0v) is 25.5. The Morgan fingerprint density at radius 3 is 2.75 bits per heavy atom. The van der Waals surface area contributed by atoms with Gasteiger partial charge in [-0.05, 0) is 78.7 Å². The highest BCUT2D eigenvalue weighted by Gasteiger charge is 2.49. The van der Waals surface area contributed by atoms with E-state index in [1.54, 1.807) is 18.2 Å². The number of ether oxygens (including phenoxy) is 1. The quantitative estimate of drug-likeness (QED) is 0.259. The molecular weight excluding hydrogens is 584 g/mol. The Kier molecular flexibility index (Phi) is 6.84. The lowest BCUT2D eigenvalue weighted by atomic mass is 9.92. The molecule has 2 bridgehead atoms. The van der Waals surface area contributed by atoms with Crippen LogP contribution < -0.4 is 15.0 Å². The molecule has 0 spiro atoms. The second-order valence-corrected chi connectivity index (χ2v) is 13.4. The summed E-state index contributed by atoms with van der Waals surface area (Å²) in [6.07, 6.45) is 4.30. The molecule has 7 nitrogen and oxygen atoms in total. The van der Waals surface area contributed by atoms with E-state index in [0.717, 1.165) is 68.1 Å². The highest BCUT2D eigenvalue weighted by atomic mass is 35.5. The third-order valence-corrected chi connectivity index (χ3v) is 10.6. The van der Waals surface area contributed by atoms with E-state index in [1.165, 1.54) is 0 Å². The molecule has 0 saturated carbocycles. The van der Waals surface area contributed by atoms with Crippen molar-refractivity contribution in [3.05, 3.63) is 52.8 Å². The van der Waals surface area contributed by atoms with Gasteiger partial charge in [0.1, 0.15) is 29.9 Å². The van der Waals surface area contributed by atoms with Gasteiger partial charge in [-0.2, -0.15) is 9.97 Å². The second kappa shape index (κ2) is 10.7. The summed E-state index contributed by atoms with van der Waals surface area (Å²) in [6.45, 7) is 5.05. The molecule has 2 N–H and O–H groups in total. The normalized spacial score (nSPS) is 26.6. The first-order chi connectivity index (χ1) is 21.3. The number of nitrogens with zero attached hydrogens (tertiary/aromatic N) is 4. The van der Waals surface area contributed by atoms with E-state index in [1.807, 2.05) is 25.1 Å². The molecule has 4 aliphatic heterocycles. The average molecular weight is 620 g/mol. The lowest BCUT2D eigenvalue weighted by molar-refractivity contribution is 0.107. The van der Waals surface area contributed by atoms with Crippen LogP contribution in [-0.2, 0) is 6.42 Å². The van der Waals surface area contributed by atoms with Crippen LogP contribution in [0.2, 0.25) is 5.02 Å². The number of halogens is 3. The molecular formula is C34H36ClF2N5O2. The van der Waals surface area contributed by atoms with Crippen molar-refractivity contribution in [3.8, 4) is 22.9 Å². The maximum atomic E-state index is 17.0. The Balaban J connectivity index is 1.29. The van der Waals surface area contributed by atoms with Crippen LogP contribution in [0.15, 0.2) is 36.4 Å². The largest absolute Gasteiger partial charge is 0.508 e. The molecule has 4 atom stereocenters. The van der Waals surface area contributed by atoms with E-state index in [4.69, 9.17) is 21.3 Å². The van der Waals surface area contributed by atoms with Gasteiger partial charge in [0.2, 0.25) is 0 Å². The topological polar surface area (TPSA) is 73.8 Å². The molecule has 4 aromatic rings. The van der Waals surface area contributed by atoms with Crippen molar-refractivity contribution < 1.29 is 18.6 Å². The summed E-state index contributed by atoms with van der Waals surface area (Å²) in [6, 6.07) is 11.6. The number of fused-ring (bicyclic) bond motifs is 5. The van der Waals surface area contributed by atoms with E-state index in [0.29, 0.717) is 41.8 Å². The molecule has 4 fully saturated rings. The first-order valence-corrected chi connectivity index (χ1v) is 16.2.